The van der Waals surface area contributed by atoms with E-state index in [1.165, 1.54) is 21.2 Å². The van der Waals surface area contributed by atoms with Crippen LogP contribution in [0.4, 0.5) is 11.8 Å². The van der Waals surface area contributed by atoms with E-state index in [0.29, 0.717) is 48.9 Å². The number of hydrogen-bond acceptors (Lipinski definition) is 15. The van der Waals surface area contributed by atoms with Gasteiger partial charge in [0.2, 0.25) is 35.5 Å². The van der Waals surface area contributed by atoms with Crippen molar-refractivity contribution in [3.05, 3.63) is 35.4 Å². The summed E-state index contributed by atoms with van der Waals surface area (Å²) in [4.78, 5) is 88.8. The highest BCUT2D eigenvalue weighted by atomic mass is 32.2. The minimum atomic E-state index is -0.497. The number of unbranched alkanes of at least 4 members (excludes halogenated alkanes) is 2. The molecule has 0 bridgehead atoms. The molecule has 10 N–H and O–H groups in total. The number of likely N-dealkylation sites (tertiary alicyclic amines) is 1. The molecule has 2 fully saturated rings. The molecule has 6 amide bonds. The SMILES string of the molecule is CCCCNc1nc(N)c2nc(O)n(Cc3ccc(C(=O)NCC(=O)NCCCNCCCCNCCCNC(=O)C4CCC(CN5C(=O)CC(SCC(=O)NC)C5=O)CC4)cc3)c2n1. The van der Waals surface area contributed by atoms with Crippen molar-refractivity contribution in [2.24, 2.45) is 11.8 Å². The van der Waals surface area contributed by atoms with E-state index >= 15 is 0 Å². The highest BCUT2D eigenvalue weighted by Crippen LogP contribution is 2.32. The number of benzene rings is 1. The monoisotopic (exact) mass is 922 g/mol. The Labute approximate surface area is 384 Å². The number of fused-ring (bicyclic) bond motifs is 1. The summed E-state index contributed by atoms with van der Waals surface area (Å²) in [5, 5.41) is 31.1. The Balaban J connectivity index is 0.827. The fourth-order valence-electron chi connectivity index (χ4n) is 7.73. The number of nitrogens with zero attached hydrogens (tertiary/aromatic N) is 5. The van der Waals surface area contributed by atoms with Gasteiger partial charge in [-0.05, 0) is 108 Å². The number of carbonyl (C=O) groups is 6. The van der Waals surface area contributed by atoms with Crippen LogP contribution in [0.2, 0.25) is 0 Å². The molecule has 1 saturated carbocycles. The molecule has 21 heteroatoms. The van der Waals surface area contributed by atoms with Crippen LogP contribution in [-0.2, 0) is 30.5 Å². The van der Waals surface area contributed by atoms with E-state index in [0.717, 1.165) is 96.0 Å². The molecular weight excluding hydrogens is 855 g/mol. The first-order valence-electron chi connectivity index (χ1n) is 22.9. The van der Waals surface area contributed by atoms with E-state index in [4.69, 9.17) is 5.73 Å². The van der Waals surface area contributed by atoms with Crippen LogP contribution < -0.4 is 43.0 Å². The van der Waals surface area contributed by atoms with Gasteiger partial charge < -0.3 is 48.1 Å². The number of hydrogen-bond donors (Lipinski definition) is 9. The molecule has 1 aromatic carbocycles. The number of rotatable bonds is 28. The molecule has 3 aromatic rings. The first kappa shape index (κ1) is 50.5. The number of aromatic hydroxyl groups is 1. The van der Waals surface area contributed by atoms with Crippen molar-refractivity contribution in [1.82, 2.24) is 56.3 Å². The second-order valence-corrected chi connectivity index (χ2v) is 17.7. The first-order chi connectivity index (χ1) is 31.5. The van der Waals surface area contributed by atoms with Crippen LogP contribution in [0.15, 0.2) is 24.3 Å². The molecule has 1 saturated heterocycles. The Bertz CT molecular complexity index is 2060. The summed E-state index contributed by atoms with van der Waals surface area (Å²) in [6.07, 6.45) is 8.80. The smallest absolute Gasteiger partial charge is 0.296 e. The quantitative estimate of drug-likeness (QED) is 0.0369. The predicted molar refractivity (Wildman–Crippen MR) is 250 cm³/mol. The second-order valence-electron chi connectivity index (χ2n) is 16.6. The average Bonchev–Trinajstić information content (AvgIpc) is 3.77. The van der Waals surface area contributed by atoms with Gasteiger partial charge in [0.1, 0.15) is 0 Å². The third-order valence-electron chi connectivity index (χ3n) is 11.6. The van der Waals surface area contributed by atoms with Crippen LogP contribution in [0, 0.1) is 11.8 Å². The van der Waals surface area contributed by atoms with Crippen LogP contribution >= 0.6 is 11.8 Å². The standard InChI is InChI=1S/C44H67N13O7S/c1-3-4-21-51-43-54-38(45)37-39(55-43)57(44(64)53-37)27-30-11-15-32(16-12-30)41(62)52-25-34(58)49-22-7-19-47-17-5-6-18-48-20-8-23-50-40(61)31-13-9-29(10-14-31)26-56-36(60)24-33(42(56)63)65-28-35(59)46-2/h11-12,15-16,29,31,33,47-48H,3-10,13-14,17-28H2,1-2H3,(H,46,59)(H,49,58)(H,50,61)(H,52,62)(H,53,64)(H3,45,51,54,55). The van der Waals surface area contributed by atoms with Gasteiger partial charge in [-0.2, -0.15) is 15.0 Å². The van der Waals surface area contributed by atoms with Crippen LogP contribution in [0.1, 0.15) is 93.5 Å². The molecule has 65 heavy (non-hydrogen) atoms. The van der Waals surface area contributed by atoms with E-state index in [1.54, 1.807) is 31.3 Å². The minimum absolute atomic E-state index is 0.0420. The maximum absolute atomic E-state index is 12.8. The summed E-state index contributed by atoms with van der Waals surface area (Å²) in [6.45, 7) is 7.70. The lowest BCUT2D eigenvalue weighted by Crippen LogP contribution is -2.39. The summed E-state index contributed by atoms with van der Waals surface area (Å²) in [5.41, 5.74) is 7.98. The highest BCUT2D eigenvalue weighted by Gasteiger charge is 2.40. The molecule has 2 aliphatic rings. The Morgan fingerprint density at radius 2 is 1.49 bits per heavy atom. The number of thioether (sulfide) groups is 1. The van der Waals surface area contributed by atoms with Gasteiger partial charge in [-0.15, -0.1) is 11.8 Å². The number of nitrogen functional groups attached to an aromatic ring is 1. The van der Waals surface area contributed by atoms with Gasteiger partial charge in [0.05, 0.1) is 24.1 Å². The number of nitrogens with two attached hydrogens (primary N) is 1. The number of anilines is 2. The zero-order valence-electron chi connectivity index (χ0n) is 37.7. The third kappa shape index (κ3) is 15.8. The van der Waals surface area contributed by atoms with Crippen molar-refractivity contribution in [1.29, 1.82) is 0 Å². The van der Waals surface area contributed by atoms with E-state index in [1.807, 2.05) is 0 Å². The average molecular weight is 922 g/mol. The lowest BCUT2D eigenvalue weighted by atomic mass is 9.81. The molecule has 1 unspecified atom stereocenters. The Morgan fingerprint density at radius 3 is 2.17 bits per heavy atom. The van der Waals surface area contributed by atoms with Crippen LogP contribution in [-0.4, -0.2) is 142 Å². The summed E-state index contributed by atoms with van der Waals surface area (Å²) in [5.74, 6) is -0.284. The lowest BCUT2D eigenvalue weighted by molar-refractivity contribution is -0.139. The molecule has 3 heterocycles. The lowest BCUT2D eigenvalue weighted by Gasteiger charge is -2.30. The largest absolute Gasteiger partial charge is 0.480 e. The van der Waals surface area contributed by atoms with Crippen molar-refractivity contribution in [3.63, 3.8) is 0 Å². The molecule has 5 rings (SSSR count). The third-order valence-corrected chi connectivity index (χ3v) is 12.8. The Hall–Kier alpha value is -5.54. The number of amides is 6. The van der Waals surface area contributed by atoms with Crippen molar-refractivity contribution in [2.45, 2.75) is 89.3 Å². The van der Waals surface area contributed by atoms with Gasteiger partial charge in [0.25, 0.3) is 11.9 Å². The number of aromatic nitrogens is 4. The molecule has 0 spiro atoms. The molecule has 1 aliphatic heterocycles. The van der Waals surface area contributed by atoms with E-state index < -0.39 is 5.25 Å². The molecule has 1 atom stereocenters. The Morgan fingerprint density at radius 1 is 0.815 bits per heavy atom. The van der Waals surface area contributed by atoms with Gasteiger partial charge in [-0.3, -0.25) is 38.2 Å². The number of nitrogens with one attached hydrogen (secondary N) is 7. The van der Waals surface area contributed by atoms with Crippen molar-refractivity contribution < 1.29 is 33.9 Å². The summed E-state index contributed by atoms with van der Waals surface area (Å²) in [7, 11) is 1.54. The maximum atomic E-state index is 12.8. The van der Waals surface area contributed by atoms with Crippen LogP contribution in [0.3, 0.4) is 0 Å². The maximum Gasteiger partial charge on any atom is 0.296 e. The van der Waals surface area contributed by atoms with Gasteiger partial charge in [-0.1, -0.05) is 25.5 Å². The van der Waals surface area contributed by atoms with Crippen molar-refractivity contribution in [2.75, 3.05) is 82.8 Å². The zero-order valence-corrected chi connectivity index (χ0v) is 38.5. The fraction of sp³-hybridized carbons (Fsp3) is 0.614. The van der Waals surface area contributed by atoms with E-state index in [2.05, 4.69) is 59.1 Å². The Kier molecular flexibility index (Phi) is 20.5. The fourth-order valence-corrected chi connectivity index (χ4v) is 8.76. The normalized spacial score (nSPS) is 17.3. The van der Waals surface area contributed by atoms with E-state index in [-0.39, 0.29) is 84.4 Å². The molecule has 2 aromatic heterocycles. The van der Waals surface area contributed by atoms with Crippen LogP contribution in [0.5, 0.6) is 6.01 Å². The number of carbonyl (C=O) groups excluding carboxylic acids is 6. The topological polar surface area (TPSA) is 280 Å². The van der Waals surface area contributed by atoms with Crippen molar-refractivity contribution in [3.8, 4) is 6.01 Å². The zero-order chi connectivity index (χ0) is 46.6. The second kappa shape index (κ2) is 26.4. The number of imidazole rings is 1. The van der Waals surface area contributed by atoms with Crippen LogP contribution in [0.25, 0.3) is 11.2 Å². The molecule has 356 valence electrons. The van der Waals surface area contributed by atoms with E-state index in [9.17, 15) is 33.9 Å². The minimum Gasteiger partial charge on any atom is -0.480 e. The summed E-state index contributed by atoms with van der Waals surface area (Å²) >= 11 is 1.21. The van der Waals surface area contributed by atoms with Gasteiger partial charge in [-0.25, -0.2) is 0 Å². The van der Waals surface area contributed by atoms with Crippen molar-refractivity contribution >= 4 is 70.1 Å². The van der Waals surface area contributed by atoms with Gasteiger partial charge >= 0.3 is 0 Å². The van der Waals surface area contributed by atoms with Gasteiger partial charge in [0.15, 0.2) is 17.0 Å². The van der Waals surface area contributed by atoms with Gasteiger partial charge in [0, 0.05) is 51.1 Å². The molecule has 20 nitrogen and oxygen atoms in total. The number of imide groups is 1. The molecule has 0 radical (unpaired) electrons. The highest BCUT2D eigenvalue weighted by molar-refractivity contribution is 8.01. The predicted octanol–water partition coefficient (Wildman–Crippen LogP) is 1.49. The molecule has 1 aliphatic carbocycles. The summed E-state index contributed by atoms with van der Waals surface area (Å²) in [6, 6.07) is 6.59. The first-order valence-corrected chi connectivity index (χ1v) is 24.0. The molecular formula is C44H67N13O7S. The summed E-state index contributed by atoms with van der Waals surface area (Å²) < 4.78 is 1.53.